The van der Waals surface area contributed by atoms with Crippen LogP contribution in [0, 0.1) is 0 Å². The van der Waals surface area contributed by atoms with Crippen molar-refractivity contribution in [1.82, 2.24) is 5.32 Å². The van der Waals surface area contributed by atoms with E-state index in [1.54, 1.807) is 0 Å². The molecule has 17 heavy (non-hydrogen) atoms. The Hall–Kier alpha value is -1.06. The lowest BCUT2D eigenvalue weighted by molar-refractivity contribution is -0.123. The lowest BCUT2D eigenvalue weighted by Crippen LogP contribution is -2.54. The molecule has 3 N–H and O–H groups in total. The second-order valence-electron chi connectivity index (χ2n) is 5.15. The van der Waals surface area contributed by atoms with Crippen molar-refractivity contribution in [2.75, 3.05) is 0 Å². The topological polar surface area (TPSA) is 55.1 Å². The van der Waals surface area contributed by atoms with Gasteiger partial charge in [-0.05, 0) is 49.9 Å². The third kappa shape index (κ3) is 2.61. The molecule has 4 heteroatoms. The Morgan fingerprint density at radius 2 is 2.06 bits per heavy atom. The highest BCUT2D eigenvalue weighted by atomic mass is 35.5. The average Bonchev–Trinajstić information content (AvgIpc) is 2.57. The highest BCUT2D eigenvalue weighted by molar-refractivity contribution is 6.30. The minimum absolute atomic E-state index is 0.256. The second kappa shape index (κ2) is 4.31. The van der Waals surface area contributed by atoms with Crippen molar-refractivity contribution in [3.05, 3.63) is 34.3 Å². The normalized spacial score (nSPS) is 19.1. The predicted molar refractivity (Wildman–Crippen MR) is 69.1 cm³/mol. The van der Waals surface area contributed by atoms with Gasteiger partial charge in [0.05, 0.1) is 5.54 Å². The predicted octanol–water partition coefficient (Wildman–Crippen LogP) is 1.66. The first kappa shape index (κ1) is 12.4. The molecule has 1 aliphatic carbocycles. The molecule has 0 fully saturated rings. The van der Waals surface area contributed by atoms with E-state index in [0.29, 0.717) is 0 Å². The molecule has 1 aromatic carbocycles. The van der Waals surface area contributed by atoms with Gasteiger partial charge >= 0.3 is 0 Å². The Bertz CT molecular complexity index is 457. The molecule has 2 rings (SSSR count). The summed E-state index contributed by atoms with van der Waals surface area (Å²) >= 11 is 5.96. The van der Waals surface area contributed by atoms with Crippen LogP contribution < -0.4 is 11.1 Å². The van der Waals surface area contributed by atoms with E-state index in [4.69, 9.17) is 17.3 Å². The molecule has 0 radical (unpaired) electrons. The van der Waals surface area contributed by atoms with E-state index in [9.17, 15) is 4.79 Å². The van der Waals surface area contributed by atoms with Crippen LogP contribution in [0.25, 0.3) is 0 Å². The maximum atomic E-state index is 11.3. The van der Waals surface area contributed by atoms with Gasteiger partial charge < -0.3 is 11.1 Å². The van der Waals surface area contributed by atoms with Gasteiger partial charge in [0.2, 0.25) is 5.91 Å². The molecule has 92 valence electrons. The van der Waals surface area contributed by atoms with Gasteiger partial charge in [-0.3, -0.25) is 4.79 Å². The minimum Gasteiger partial charge on any atom is -0.368 e. The number of nitrogens with one attached hydrogen (secondary N) is 1. The standard InChI is InChI=1S/C13H17ClN2O/c1-13(2,12(15)17)16-11-6-8-3-4-10(14)5-9(8)7-11/h3-5,11,16H,6-7H2,1-2H3,(H2,15,17). The van der Waals surface area contributed by atoms with Gasteiger partial charge in [0, 0.05) is 11.1 Å². The van der Waals surface area contributed by atoms with E-state index in [1.807, 2.05) is 26.0 Å². The number of carbonyl (C=O) groups is 1. The molecule has 0 heterocycles. The third-order valence-electron chi connectivity index (χ3n) is 3.28. The van der Waals surface area contributed by atoms with Gasteiger partial charge in [-0.1, -0.05) is 17.7 Å². The summed E-state index contributed by atoms with van der Waals surface area (Å²) in [5.41, 5.74) is 7.24. The van der Waals surface area contributed by atoms with Gasteiger partial charge in [0.15, 0.2) is 0 Å². The van der Waals surface area contributed by atoms with E-state index >= 15 is 0 Å². The lowest BCUT2D eigenvalue weighted by atomic mass is 10.0. The summed E-state index contributed by atoms with van der Waals surface area (Å²) in [7, 11) is 0. The monoisotopic (exact) mass is 252 g/mol. The molecule has 1 atom stereocenters. The first-order valence-electron chi connectivity index (χ1n) is 5.73. The van der Waals surface area contributed by atoms with Crippen LogP contribution in [0.15, 0.2) is 18.2 Å². The fraction of sp³-hybridized carbons (Fsp3) is 0.462. The number of fused-ring (bicyclic) bond motifs is 1. The second-order valence-corrected chi connectivity index (χ2v) is 5.59. The van der Waals surface area contributed by atoms with Crippen molar-refractivity contribution in [2.24, 2.45) is 5.73 Å². The SMILES string of the molecule is CC(C)(NC1Cc2ccc(Cl)cc2C1)C(N)=O. The van der Waals surface area contributed by atoms with E-state index in [-0.39, 0.29) is 11.9 Å². The van der Waals surface area contributed by atoms with Gasteiger partial charge in [-0.15, -0.1) is 0 Å². The summed E-state index contributed by atoms with van der Waals surface area (Å²) in [5, 5.41) is 4.07. The zero-order valence-corrected chi connectivity index (χ0v) is 10.8. The number of rotatable bonds is 3. The largest absolute Gasteiger partial charge is 0.368 e. The molecule has 1 amide bonds. The Morgan fingerprint density at radius 3 is 2.71 bits per heavy atom. The minimum atomic E-state index is -0.670. The summed E-state index contributed by atoms with van der Waals surface area (Å²) in [6.45, 7) is 3.62. The number of hydrogen-bond acceptors (Lipinski definition) is 2. The van der Waals surface area contributed by atoms with Gasteiger partial charge in [0.1, 0.15) is 0 Å². The smallest absolute Gasteiger partial charge is 0.237 e. The van der Waals surface area contributed by atoms with Crippen LogP contribution in [0.5, 0.6) is 0 Å². The zero-order valence-electron chi connectivity index (χ0n) is 10.1. The highest BCUT2D eigenvalue weighted by Gasteiger charge is 2.31. The van der Waals surface area contributed by atoms with Crippen molar-refractivity contribution in [2.45, 2.75) is 38.3 Å². The van der Waals surface area contributed by atoms with E-state index in [0.717, 1.165) is 17.9 Å². The Kier molecular flexibility index (Phi) is 3.15. The summed E-state index contributed by atoms with van der Waals surface area (Å²) in [6, 6.07) is 6.21. The molecule has 0 aromatic heterocycles. The van der Waals surface area contributed by atoms with E-state index in [1.165, 1.54) is 11.1 Å². The number of hydrogen-bond donors (Lipinski definition) is 2. The van der Waals surface area contributed by atoms with E-state index in [2.05, 4.69) is 11.4 Å². The van der Waals surface area contributed by atoms with Crippen LogP contribution in [-0.4, -0.2) is 17.5 Å². The van der Waals surface area contributed by atoms with E-state index < -0.39 is 5.54 Å². The number of nitrogens with two attached hydrogens (primary N) is 1. The molecule has 0 saturated carbocycles. The van der Waals surface area contributed by atoms with Crippen molar-refractivity contribution in [1.29, 1.82) is 0 Å². The van der Waals surface area contributed by atoms with Crippen LogP contribution in [0.2, 0.25) is 5.02 Å². The molecule has 1 unspecified atom stereocenters. The fourth-order valence-electron chi connectivity index (χ4n) is 2.27. The maximum Gasteiger partial charge on any atom is 0.237 e. The fourth-order valence-corrected chi connectivity index (χ4v) is 2.46. The number of carbonyl (C=O) groups excluding carboxylic acids is 1. The molecule has 1 aliphatic rings. The molecular weight excluding hydrogens is 236 g/mol. The molecule has 3 nitrogen and oxygen atoms in total. The Labute approximate surface area is 106 Å². The van der Waals surface area contributed by atoms with Crippen molar-refractivity contribution in [3.8, 4) is 0 Å². The van der Waals surface area contributed by atoms with Crippen LogP contribution in [0.4, 0.5) is 0 Å². The van der Waals surface area contributed by atoms with Crippen LogP contribution >= 0.6 is 11.6 Å². The molecule has 0 saturated heterocycles. The summed E-state index contributed by atoms with van der Waals surface area (Å²) in [5.74, 6) is -0.327. The molecule has 0 bridgehead atoms. The zero-order chi connectivity index (χ0) is 12.6. The maximum absolute atomic E-state index is 11.3. The van der Waals surface area contributed by atoms with Gasteiger partial charge in [0.25, 0.3) is 0 Å². The van der Waals surface area contributed by atoms with Crippen molar-refractivity contribution in [3.63, 3.8) is 0 Å². The Morgan fingerprint density at radius 1 is 1.41 bits per heavy atom. The number of halogens is 1. The van der Waals surface area contributed by atoms with Crippen molar-refractivity contribution >= 4 is 17.5 Å². The number of benzene rings is 1. The lowest BCUT2D eigenvalue weighted by Gasteiger charge is -2.26. The molecule has 1 aromatic rings. The molecule has 0 aliphatic heterocycles. The molecular formula is C13H17ClN2O. The van der Waals surface area contributed by atoms with Crippen molar-refractivity contribution < 1.29 is 4.79 Å². The number of primary amides is 1. The van der Waals surface area contributed by atoms with Gasteiger partial charge in [-0.2, -0.15) is 0 Å². The highest BCUT2D eigenvalue weighted by Crippen LogP contribution is 2.26. The first-order chi connectivity index (χ1) is 7.88. The summed E-state index contributed by atoms with van der Waals surface area (Å²) in [4.78, 5) is 11.3. The van der Waals surface area contributed by atoms with Crippen LogP contribution in [0.3, 0.4) is 0 Å². The average molecular weight is 253 g/mol. The molecule has 0 spiro atoms. The summed E-state index contributed by atoms with van der Waals surface area (Å²) < 4.78 is 0. The summed E-state index contributed by atoms with van der Waals surface area (Å²) in [6.07, 6.45) is 1.82. The Balaban J connectivity index is 2.08. The number of amides is 1. The van der Waals surface area contributed by atoms with Crippen LogP contribution in [0.1, 0.15) is 25.0 Å². The van der Waals surface area contributed by atoms with Gasteiger partial charge in [-0.25, -0.2) is 0 Å². The first-order valence-corrected chi connectivity index (χ1v) is 6.11. The quantitative estimate of drug-likeness (QED) is 0.860. The van der Waals surface area contributed by atoms with Crippen LogP contribution in [-0.2, 0) is 17.6 Å². The third-order valence-corrected chi connectivity index (χ3v) is 3.52.